The van der Waals surface area contributed by atoms with Crippen LogP contribution in [0, 0.1) is 5.82 Å². The fourth-order valence-electron chi connectivity index (χ4n) is 1.78. The number of hydrogen-bond acceptors (Lipinski definition) is 3. The molecule has 0 amide bonds. The van der Waals surface area contributed by atoms with Crippen molar-refractivity contribution in [2.45, 2.75) is 11.3 Å². The molecule has 0 aliphatic carbocycles. The Morgan fingerprint density at radius 3 is 2.50 bits per heavy atom. The van der Waals surface area contributed by atoms with Crippen molar-refractivity contribution < 1.29 is 12.8 Å². The number of hydrogen-bond donors (Lipinski definition) is 2. The van der Waals surface area contributed by atoms with Crippen LogP contribution in [0.3, 0.4) is 0 Å². The minimum Gasteiger partial charge on any atom is -0.399 e. The van der Waals surface area contributed by atoms with E-state index in [0.717, 1.165) is 17.7 Å². The average molecular weight is 294 g/mol. The van der Waals surface area contributed by atoms with Crippen LogP contribution >= 0.6 is 0 Å². The smallest absolute Gasteiger partial charge is 0.243 e. The number of nitrogen functional groups attached to an aromatic ring is 1. The van der Waals surface area contributed by atoms with Gasteiger partial charge in [0.15, 0.2) is 0 Å². The zero-order valence-corrected chi connectivity index (χ0v) is 11.5. The molecule has 0 aliphatic rings. The molecule has 106 valence electrons. The molecule has 20 heavy (non-hydrogen) atoms. The molecule has 0 radical (unpaired) electrons. The van der Waals surface area contributed by atoms with Crippen molar-refractivity contribution in [3.8, 4) is 0 Å². The number of rotatable bonds is 5. The molecule has 4 nitrogen and oxygen atoms in total. The standard InChI is InChI=1S/C14H15FN2O2S/c15-13-7-6-12(16)10-14(13)20(18,19)17-9-8-11-4-2-1-3-5-11/h1-7,10,17H,8-9,16H2. The zero-order valence-electron chi connectivity index (χ0n) is 10.7. The van der Waals surface area contributed by atoms with E-state index in [4.69, 9.17) is 5.73 Å². The van der Waals surface area contributed by atoms with E-state index in [2.05, 4.69) is 4.72 Å². The molecule has 6 heteroatoms. The lowest BCUT2D eigenvalue weighted by molar-refractivity contribution is 0.557. The highest BCUT2D eigenvalue weighted by Crippen LogP contribution is 2.17. The van der Waals surface area contributed by atoms with E-state index in [1.54, 1.807) is 0 Å². The summed E-state index contributed by atoms with van der Waals surface area (Å²) >= 11 is 0. The van der Waals surface area contributed by atoms with Crippen molar-refractivity contribution in [2.24, 2.45) is 0 Å². The van der Waals surface area contributed by atoms with Crippen LogP contribution in [0.4, 0.5) is 10.1 Å². The zero-order chi connectivity index (χ0) is 14.6. The summed E-state index contributed by atoms with van der Waals surface area (Å²) in [6, 6.07) is 12.9. The molecule has 0 aromatic heterocycles. The van der Waals surface area contributed by atoms with E-state index in [1.165, 1.54) is 6.07 Å². The summed E-state index contributed by atoms with van der Waals surface area (Å²) in [6.45, 7) is 0.195. The van der Waals surface area contributed by atoms with Gasteiger partial charge in [-0.2, -0.15) is 0 Å². The number of benzene rings is 2. The van der Waals surface area contributed by atoms with Crippen LogP contribution in [-0.2, 0) is 16.4 Å². The second-order valence-corrected chi connectivity index (χ2v) is 6.06. The lowest BCUT2D eigenvalue weighted by atomic mass is 10.2. The van der Waals surface area contributed by atoms with Gasteiger partial charge in [0.25, 0.3) is 0 Å². The van der Waals surface area contributed by atoms with Gasteiger partial charge >= 0.3 is 0 Å². The van der Waals surface area contributed by atoms with Gasteiger partial charge in [0.05, 0.1) is 0 Å². The Kier molecular flexibility index (Phi) is 4.36. The van der Waals surface area contributed by atoms with Gasteiger partial charge in [0, 0.05) is 12.2 Å². The first-order valence-corrected chi connectivity index (χ1v) is 7.56. The minimum atomic E-state index is -3.89. The van der Waals surface area contributed by atoms with Crippen LogP contribution < -0.4 is 10.5 Å². The molecule has 0 heterocycles. The fourth-order valence-corrected chi connectivity index (χ4v) is 2.92. The highest BCUT2D eigenvalue weighted by molar-refractivity contribution is 7.89. The van der Waals surface area contributed by atoms with Gasteiger partial charge in [-0.1, -0.05) is 30.3 Å². The number of nitrogens with two attached hydrogens (primary N) is 1. The maximum absolute atomic E-state index is 13.5. The number of sulfonamides is 1. The first-order valence-electron chi connectivity index (χ1n) is 6.08. The molecule has 0 fully saturated rings. The molecular formula is C14H15FN2O2S. The maximum Gasteiger partial charge on any atom is 0.243 e. The Morgan fingerprint density at radius 2 is 1.80 bits per heavy atom. The number of anilines is 1. The quantitative estimate of drug-likeness (QED) is 0.828. The summed E-state index contributed by atoms with van der Waals surface area (Å²) in [5.41, 5.74) is 6.69. The molecule has 2 aromatic carbocycles. The van der Waals surface area contributed by atoms with Gasteiger partial charge in [-0.15, -0.1) is 0 Å². The Labute approximate surface area is 117 Å². The number of nitrogens with one attached hydrogen (secondary N) is 1. The fraction of sp³-hybridized carbons (Fsp3) is 0.143. The minimum absolute atomic E-state index is 0.195. The summed E-state index contributed by atoms with van der Waals surface area (Å²) in [5.74, 6) is -0.814. The average Bonchev–Trinajstić information content (AvgIpc) is 2.42. The molecule has 0 aliphatic heterocycles. The second-order valence-electron chi connectivity index (χ2n) is 4.32. The summed E-state index contributed by atoms with van der Waals surface area (Å²) in [4.78, 5) is -0.425. The summed E-state index contributed by atoms with van der Waals surface area (Å²) in [5, 5.41) is 0. The van der Waals surface area contributed by atoms with Gasteiger partial charge in [-0.05, 0) is 30.2 Å². The third kappa shape index (κ3) is 3.55. The van der Waals surface area contributed by atoms with E-state index in [1.807, 2.05) is 30.3 Å². The van der Waals surface area contributed by atoms with Crippen LogP contribution in [-0.4, -0.2) is 15.0 Å². The van der Waals surface area contributed by atoms with Gasteiger partial charge in [0.1, 0.15) is 10.7 Å². The largest absolute Gasteiger partial charge is 0.399 e. The van der Waals surface area contributed by atoms with Crippen molar-refractivity contribution in [1.29, 1.82) is 0 Å². The monoisotopic (exact) mass is 294 g/mol. The Balaban J connectivity index is 2.06. The first-order chi connectivity index (χ1) is 9.49. The Hall–Kier alpha value is -1.92. The SMILES string of the molecule is Nc1ccc(F)c(S(=O)(=O)NCCc2ccccc2)c1. The number of halogens is 1. The van der Waals surface area contributed by atoms with Crippen molar-refractivity contribution in [3.63, 3.8) is 0 Å². The van der Waals surface area contributed by atoms with Crippen molar-refractivity contribution in [3.05, 3.63) is 59.9 Å². The summed E-state index contributed by atoms with van der Waals surface area (Å²) < 4.78 is 39.9. The molecular weight excluding hydrogens is 279 g/mol. The maximum atomic E-state index is 13.5. The predicted octanol–water partition coefficient (Wildman–Crippen LogP) is 1.93. The third-order valence-electron chi connectivity index (χ3n) is 2.79. The molecule has 2 aromatic rings. The molecule has 0 atom stereocenters. The van der Waals surface area contributed by atoms with E-state index in [0.29, 0.717) is 6.42 Å². The van der Waals surface area contributed by atoms with Crippen LogP contribution in [0.1, 0.15) is 5.56 Å². The van der Waals surface area contributed by atoms with Crippen LogP contribution in [0.5, 0.6) is 0 Å². The summed E-state index contributed by atoms with van der Waals surface area (Å²) in [7, 11) is -3.89. The highest BCUT2D eigenvalue weighted by atomic mass is 32.2. The van der Waals surface area contributed by atoms with Gasteiger partial charge in [-0.25, -0.2) is 17.5 Å². The Bertz CT molecular complexity index is 688. The van der Waals surface area contributed by atoms with Crippen molar-refractivity contribution in [1.82, 2.24) is 4.72 Å². The van der Waals surface area contributed by atoms with Crippen LogP contribution in [0.25, 0.3) is 0 Å². The topological polar surface area (TPSA) is 72.2 Å². The van der Waals surface area contributed by atoms with E-state index in [9.17, 15) is 12.8 Å². The van der Waals surface area contributed by atoms with Crippen molar-refractivity contribution >= 4 is 15.7 Å². The Morgan fingerprint density at radius 1 is 1.10 bits per heavy atom. The van der Waals surface area contributed by atoms with Gasteiger partial charge < -0.3 is 5.73 Å². The molecule has 0 bridgehead atoms. The molecule has 0 saturated carbocycles. The van der Waals surface area contributed by atoms with E-state index < -0.39 is 20.7 Å². The molecule has 3 N–H and O–H groups in total. The second kappa shape index (κ2) is 6.02. The predicted molar refractivity (Wildman–Crippen MR) is 76.1 cm³/mol. The van der Waals surface area contributed by atoms with Crippen LogP contribution in [0.2, 0.25) is 0 Å². The first kappa shape index (κ1) is 14.5. The van der Waals surface area contributed by atoms with Crippen LogP contribution in [0.15, 0.2) is 53.4 Å². The molecule has 2 rings (SSSR count). The molecule has 0 saturated heterocycles. The van der Waals surface area contributed by atoms with E-state index in [-0.39, 0.29) is 12.2 Å². The highest BCUT2D eigenvalue weighted by Gasteiger charge is 2.18. The third-order valence-corrected chi connectivity index (χ3v) is 4.27. The normalized spacial score (nSPS) is 11.4. The summed E-state index contributed by atoms with van der Waals surface area (Å²) in [6.07, 6.45) is 0.532. The van der Waals surface area contributed by atoms with Gasteiger partial charge in [0.2, 0.25) is 10.0 Å². The molecule has 0 spiro atoms. The van der Waals surface area contributed by atoms with Gasteiger partial charge in [-0.3, -0.25) is 0 Å². The lowest BCUT2D eigenvalue weighted by Gasteiger charge is -2.08. The molecule has 0 unspecified atom stereocenters. The van der Waals surface area contributed by atoms with Crippen molar-refractivity contribution in [2.75, 3.05) is 12.3 Å². The van der Waals surface area contributed by atoms with E-state index >= 15 is 0 Å². The lowest BCUT2D eigenvalue weighted by Crippen LogP contribution is -2.26.